The first kappa shape index (κ1) is 22.7. The Bertz CT molecular complexity index is 1250. The van der Waals surface area contributed by atoms with E-state index in [0.717, 1.165) is 55.6 Å². The van der Waals surface area contributed by atoms with Crippen LogP contribution in [0.25, 0.3) is 10.9 Å². The second-order valence-electron chi connectivity index (χ2n) is 8.60. The van der Waals surface area contributed by atoms with Gasteiger partial charge in [0.05, 0.1) is 17.4 Å². The van der Waals surface area contributed by atoms with Crippen molar-refractivity contribution < 1.29 is 9.59 Å². The van der Waals surface area contributed by atoms with Crippen molar-refractivity contribution in [1.29, 1.82) is 0 Å². The summed E-state index contributed by atoms with van der Waals surface area (Å²) in [6, 6.07) is 12.6. The second-order valence-corrected chi connectivity index (χ2v) is 8.60. The molecule has 0 saturated heterocycles. The Morgan fingerprint density at radius 3 is 2.70 bits per heavy atom. The smallest absolute Gasteiger partial charge is 0.261 e. The quantitative estimate of drug-likeness (QED) is 0.646. The predicted molar refractivity (Wildman–Crippen MR) is 130 cm³/mol. The number of nitrogens with one attached hydrogen (secondary N) is 1. The van der Waals surface area contributed by atoms with Crippen molar-refractivity contribution in [2.24, 2.45) is 0 Å². The molecule has 0 unspecified atom stereocenters. The largest absolute Gasteiger partial charge is 0.332 e. The topological polar surface area (TPSA) is 84.3 Å². The Morgan fingerprint density at radius 1 is 1.09 bits per heavy atom. The van der Waals surface area contributed by atoms with Crippen LogP contribution in [0, 0.1) is 0 Å². The molecule has 1 aliphatic heterocycles. The molecule has 0 aliphatic carbocycles. The van der Waals surface area contributed by atoms with E-state index in [-0.39, 0.29) is 23.9 Å². The summed E-state index contributed by atoms with van der Waals surface area (Å²) in [5.74, 6) is 0.244. The molecule has 172 valence electrons. The maximum absolute atomic E-state index is 13.0. The summed E-state index contributed by atoms with van der Waals surface area (Å²) in [6.45, 7) is 2.65. The van der Waals surface area contributed by atoms with Gasteiger partial charge in [0.2, 0.25) is 5.91 Å². The third-order valence-corrected chi connectivity index (χ3v) is 6.21. The van der Waals surface area contributed by atoms with Crippen molar-refractivity contribution in [1.82, 2.24) is 14.5 Å². The van der Waals surface area contributed by atoms with Gasteiger partial charge in [-0.05, 0) is 49.1 Å². The van der Waals surface area contributed by atoms with Crippen molar-refractivity contribution in [2.75, 3.05) is 18.9 Å². The summed E-state index contributed by atoms with van der Waals surface area (Å²) in [4.78, 5) is 44.7. The highest BCUT2D eigenvalue weighted by atomic mass is 16.2. The molecule has 33 heavy (non-hydrogen) atoms. The summed E-state index contributed by atoms with van der Waals surface area (Å²) in [6.07, 6.45) is 5.83. The molecule has 0 saturated carbocycles. The van der Waals surface area contributed by atoms with E-state index in [9.17, 15) is 14.4 Å². The lowest BCUT2D eigenvalue weighted by molar-refractivity contribution is -0.116. The molecule has 0 bridgehead atoms. The Morgan fingerprint density at radius 2 is 1.88 bits per heavy atom. The maximum Gasteiger partial charge on any atom is 0.261 e. The van der Waals surface area contributed by atoms with E-state index in [1.54, 1.807) is 29.8 Å². The number of benzene rings is 2. The van der Waals surface area contributed by atoms with Gasteiger partial charge >= 0.3 is 0 Å². The highest BCUT2D eigenvalue weighted by Gasteiger charge is 2.18. The Kier molecular flexibility index (Phi) is 6.87. The van der Waals surface area contributed by atoms with Crippen LogP contribution in [0.4, 0.5) is 5.69 Å². The van der Waals surface area contributed by atoms with Gasteiger partial charge in [0.15, 0.2) is 0 Å². The summed E-state index contributed by atoms with van der Waals surface area (Å²) >= 11 is 0. The monoisotopic (exact) mass is 446 g/mol. The van der Waals surface area contributed by atoms with Crippen LogP contribution in [-0.4, -0.2) is 39.9 Å². The number of hydrogen-bond donors (Lipinski definition) is 1. The van der Waals surface area contributed by atoms with E-state index < -0.39 is 0 Å². The van der Waals surface area contributed by atoms with Gasteiger partial charge in [-0.2, -0.15) is 0 Å². The summed E-state index contributed by atoms with van der Waals surface area (Å²) in [5, 5.41) is 3.41. The molecule has 2 heterocycles. The van der Waals surface area contributed by atoms with Gasteiger partial charge in [0.1, 0.15) is 5.82 Å². The number of aromatic nitrogens is 2. The fourth-order valence-electron chi connectivity index (χ4n) is 4.38. The minimum Gasteiger partial charge on any atom is -0.332 e. The molecule has 4 rings (SSSR count). The number of rotatable bonds is 5. The molecule has 7 heteroatoms. The standard InChI is InChI=1S/C26H30N4O3/c1-3-18-10-7-8-11-21(18)28-24(31)17-29(2)25(32)19-13-14-20-22(16-19)27-23-12-6-4-5-9-15-30(23)26(20)33/h7-8,10-11,13-14,16H,3-6,9,12,15,17H2,1-2H3,(H,28,31). The van der Waals surface area contributed by atoms with Crippen LogP contribution in [0.2, 0.25) is 0 Å². The molecule has 7 nitrogen and oxygen atoms in total. The first-order chi connectivity index (χ1) is 16.0. The average molecular weight is 447 g/mol. The molecule has 0 spiro atoms. The van der Waals surface area contributed by atoms with Gasteiger partial charge in [-0.15, -0.1) is 0 Å². The lowest BCUT2D eigenvalue weighted by Gasteiger charge is -2.19. The molecule has 0 fully saturated rings. The van der Waals surface area contributed by atoms with Gasteiger partial charge in [-0.1, -0.05) is 38.0 Å². The number of carbonyl (C=O) groups is 2. The number of hydrogen-bond acceptors (Lipinski definition) is 4. The van der Waals surface area contributed by atoms with Crippen molar-refractivity contribution in [3.8, 4) is 0 Å². The molecule has 2 amide bonds. The van der Waals surface area contributed by atoms with Gasteiger partial charge in [-0.25, -0.2) is 4.98 Å². The van der Waals surface area contributed by atoms with Gasteiger partial charge in [-0.3, -0.25) is 19.0 Å². The number of likely N-dealkylation sites (N-methyl/N-ethyl adjacent to an activating group) is 1. The highest BCUT2D eigenvalue weighted by molar-refractivity contribution is 6.01. The first-order valence-corrected chi connectivity index (χ1v) is 11.6. The number of nitrogens with zero attached hydrogens (tertiary/aromatic N) is 3. The summed E-state index contributed by atoms with van der Waals surface area (Å²) < 4.78 is 1.79. The van der Waals surface area contributed by atoms with Crippen molar-refractivity contribution in [3.63, 3.8) is 0 Å². The van der Waals surface area contributed by atoms with E-state index in [1.165, 1.54) is 4.90 Å². The van der Waals surface area contributed by atoms with E-state index >= 15 is 0 Å². The zero-order chi connectivity index (χ0) is 23.4. The van der Waals surface area contributed by atoms with Crippen LogP contribution in [0.3, 0.4) is 0 Å². The number of amides is 2. The zero-order valence-electron chi connectivity index (χ0n) is 19.3. The molecule has 0 atom stereocenters. The van der Waals surface area contributed by atoms with Crippen LogP contribution >= 0.6 is 0 Å². The molecule has 1 N–H and O–H groups in total. The lowest BCUT2D eigenvalue weighted by atomic mass is 10.1. The van der Waals surface area contributed by atoms with Crippen molar-refractivity contribution >= 4 is 28.4 Å². The van der Waals surface area contributed by atoms with Crippen LogP contribution in [0.5, 0.6) is 0 Å². The molecule has 2 aromatic carbocycles. The third-order valence-electron chi connectivity index (χ3n) is 6.21. The highest BCUT2D eigenvalue weighted by Crippen LogP contribution is 2.18. The van der Waals surface area contributed by atoms with Gasteiger partial charge < -0.3 is 10.2 Å². The molecular formula is C26H30N4O3. The Hall–Kier alpha value is -3.48. The van der Waals surface area contributed by atoms with E-state index in [4.69, 9.17) is 4.98 Å². The summed E-state index contributed by atoms with van der Waals surface area (Å²) in [7, 11) is 1.60. The third kappa shape index (κ3) is 4.97. The average Bonchev–Trinajstić information content (AvgIpc) is 2.79. The Balaban J connectivity index is 1.53. The first-order valence-electron chi connectivity index (χ1n) is 11.6. The van der Waals surface area contributed by atoms with Crippen LogP contribution in [0.15, 0.2) is 47.3 Å². The number of para-hydroxylation sites is 1. The maximum atomic E-state index is 13.0. The molecule has 0 radical (unpaired) electrons. The summed E-state index contributed by atoms with van der Waals surface area (Å²) in [5.41, 5.74) is 2.71. The van der Waals surface area contributed by atoms with Crippen molar-refractivity contribution in [3.05, 3.63) is 69.8 Å². The van der Waals surface area contributed by atoms with Crippen LogP contribution in [-0.2, 0) is 24.2 Å². The minimum atomic E-state index is -0.288. The zero-order valence-corrected chi connectivity index (χ0v) is 19.3. The number of fused-ring (bicyclic) bond motifs is 2. The fraction of sp³-hybridized carbons (Fsp3) is 0.385. The molecule has 1 aliphatic rings. The number of anilines is 1. The predicted octanol–water partition coefficient (Wildman–Crippen LogP) is 3.79. The molecule has 1 aromatic heterocycles. The number of carbonyl (C=O) groups excluding carboxylic acids is 2. The van der Waals surface area contributed by atoms with Crippen molar-refractivity contribution in [2.45, 2.75) is 52.0 Å². The fourth-order valence-corrected chi connectivity index (χ4v) is 4.38. The normalized spacial score (nSPS) is 13.6. The minimum absolute atomic E-state index is 0.0433. The van der Waals surface area contributed by atoms with E-state index in [1.807, 2.05) is 31.2 Å². The Labute approximate surface area is 193 Å². The second kappa shape index (κ2) is 9.98. The lowest BCUT2D eigenvalue weighted by Crippen LogP contribution is -2.35. The SMILES string of the molecule is CCc1ccccc1NC(=O)CN(C)C(=O)c1ccc2c(=O)n3c(nc2c1)CCCCCC3. The van der Waals surface area contributed by atoms with Crippen LogP contribution < -0.4 is 10.9 Å². The van der Waals surface area contributed by atoms with E-state index in [0.29, 0.717) is 23.0 Å². The van der Waals surface area contributed by atoms with Crippen LogP contribution in [0.1, 0.15) is 54.4 Å². The van der Waals surface area contributed by atoms with Gasteiger partial charge in [0, 0.05) is 31.3 Å². The number of aryl methyl sites for hydroxylation is 2. The molecular weight excluding hydrogens is 416 g/mol. The molecule has 3 aromatic rings. The van der Waals surface area contributed by atoms with Gasteiger partial charge in [0.25, 0.3) is 11.5 Å². The van der Waals surface area contributed by atoms with E-state index in [2.05, 4.69) is 5.32 Å².